The van der Waals surface area contributed by atoms with E-state index in [0.29, 0.717) is 28.6 Å². The second kappa shape index (κ2) is 8.18. The third-order valence-corrected chi connectivity index (χ3v) is 4.18. The third-order valence-electron chi connectivity index (χ3n) is 3.44. The molecule has 22 heavy (non-hydrogen) atoms. The zero-order valence-electron chi connectivity index (χ0n) is 11.9. The van der Waals surface area contributed by atoms with Crippen molar-refractivity contribution in [2.24, 2.45) is 0 Å². The number of amides is 1. The van der Waals surface area contributed by atoms with Crippen LogP contribution in [0, 0.1) is 0 Å². The molecule has 0 heterocycles. The van der Waals surface area contributed by atoms with Gasteiger partial charge in [0.1, 0.15) is 0 Å². The summed E-state index contributed by atoms with van der Waals surface area (Å²) in [5, 5.41) is 13.1. The quantitative estimate of drug-likeness (QED) is 0.840. The zero-order valence-corrected chi connectivity index (χ0v) is 13.4. The Balaban J connectivity index is 2.05. The lowest BCUT2D eigenvalue weighted by atomic mass is 9.96. The number of benzene rings is 2. The van der Waals surface area contributed by atoms with Crippen molar-refractivity contribution in [1.82, 2.24) is 5.32 Å². The average molecular weight is 338 g/mol. The van der Waals surface area contributed by atoms with E-state index in [4.69, 9.17) is 23.2 Å². The number of carbonyl (C=O) groups is 1. The van der Waals surface area contributed by atoms with Crippen molar-refractivity contribution < 1.29 is 9.90 Å². The van der Waals surface area contributed by atoms with Crippen LogP contribution in [-0.4, -0.2) is 24.2 Å². The molecule has 2 aromatic rings. The highest BCUT2D eigenvalue weighted by molar-refractivity contribution is 6.42. The van der Waals surface area contributed by atoms with E-state index in [0.717, 1.165) is 5.56 Å². The molecule has 0 aliphatic rings. The van der Waals surface area contributed by atoms with Crippen LogP contribution in [0.4, 0.5) is 0 Å². The van der Waals surface area contributed by atoms with Gasteiger partial charge in [-0.2, -0.15) is 0 Å². The zero-order chi connectivity index (χ0) is 15.9. The molecule has 0 aliphatic heterocycles. The van der Waals surface area contributed by atoms with Gasteiger partial charge in [-0.25, -0.2) is 0 Å². The van der Waals surface area contributed by atoms with Gasteiger partial charge in [0.2, 0.25) is 0 Å². The smallest absolute Gasteiger partial charge is 0.251 e. The van der Waals surface area contributed by atoms with Crippen molar-refractivity contribution in [2.75, 3.05) is 13.2 Å². The lowest BCUT2D eigenvalue weighted by Gasteiger charge is -2.18. The molecule has 2 aromatic carbocycles. The highest BCUT2D eigenvalue weighted by Gasteiger charge is 2.14. The SMILES string of the molecule is O=C(NCC(CCO)c1ccc(Cl)c(Cl)c1)c1ccccc1. The summed E-state index contributed by atoms with van der Waals surface area (Å²) in [6.07, 6.45) is 0.535. The predicted molar refractivity (Wildman–Crippen MR) is 89.7 cm³/mol. The fourth-order valence-electron chi connectivity index (χ4n) is 2.22. The van der Waals surface area contributed by atoms with E-state index in [1.54, 1.807) is 24.3 Å². The van der Waals surface area contributed by atoms with E-state index in [2.05, 4.69) is 5.32 Å². The molecular formula is C17H17Cl2NO2. The number of carbonyl (C=O) groups excluding carboxylic acids is 1. The Bertz CT molecular complexity index is 632. The molecule has 2 rings (SSSR count). The second-order valence-electron chi connectivity index (χ2n) is 4.96. The van der Waals surface area contributed by atoms with Gasteiger partial charge in [-0.05, 0) is 36.2 Å². The highest BCUT2D eigenvalue weighted by Crippen LogP contribution is 2.27. The first kappa shape index (κ1) is 16.8. The Morgan fingerprint density at radius 3 is 2.45 bits per heavy atom. The molecule has 0 fully saturated rings. The van der Waals surface area contributed by atoms with Crippen LogP contribution in [0.5, 0.6) is 0 Å². The van der Waals surface area contributed by atoms with E-state index in [9.17, 15) is 9.90 Å². The molecule has 0 aliphatic carbocycles. The van der Waals surface area contributed by atoms with E-state index in [1.807, 2.05) is 24.3 Å². The first-order valence-electron chi connectivity index (χ1n) is 7.01. The van der Waals surface area contributed by atoms with Crippen LogP contribution >= 0.6 is 23.2 Å². The van der Waals surface area contributed by atoms with Crippen LogP contribution in [-0.2, 0) is 0 Å². The van der Waals surface area contributed by atoms with Gasteiger partial charge in [0.15, 0.2) is 0 Å². The standard InChI is InChI=1S/C17H17Cl2NO2/c18-15-7-6-13(10-16(15)19)14(8-9-21)11-20-17(22)12-4-2-1-3-5-12/h1-7,10,14,21H,8-9,11H2,(H,20,22). The van der Waals surface area contributed by atoms with E-state index >= 15 is 0 Å². The summed E-state index contributed by atoms with van der Waals surface area (Å²) in [5.74, 6) is -0.156. The minimum Gasteiger partial charge on any atom is -0.396 e. The summed E-state index contributed by atoms with van der Waals surface area (Å²) >= 11 is 12.0. The molecule has 0 saturated heterocycles. The molecule has 2 N–H and O–H groups in total. The van der Waals surface area contributed by atoms with Crippen LogP contribution in [0.2, 0.25) is 10.0 Å². The molecule has 1 atom stereocenters. The minimum absolute atomic E-state index is 0.0209. The van der Waals surface area contributed by atoms with Gasteiger partial charge in [0.25, 0.3) is 5.91 Å². The highest BCUT2D eigenvalue weighted by atomic mass is 35.5. The number of hydrogen-bond donors (Lipinski definition) is 2. The van der Waals surface area contributed by atoms with Crippen LogP contribution in [0.1, 0.15) is 28.3 Å². The molecule has 0 radical (unpaired) electrons. The number of hydrogen-bond acceptors (Lipinski definition) is 2. The second-order valence-corrected chi connectivity index (χ2v) is 5.77. The average Bonchev–Trinajstić information content (AvgIpc) is 2.54. The number of aliphatic hydroxyl groups is 1. The van der Waals surface area contributed by atoms with Crippen molar-refractivity contribution in [3.63, 3.8) is 0 Å². The summed E-state index contributed by atoms with van der Waals surface area (Å²) in [6, 6.07) is 14.4. The maximum absolute atomic E-state index is 12.1. The molecule has 0 spiro atoms. The third kappa shape index (κ3) is 4.47. The van der Waals surface area contributed by atoms with E-state index in [1.165, 1.54) is 0 Å². The molecule has 0 saturated carbocycles. The Kier molecular flexibility index (Phi) is 6.25. The molecule has 3 nitrogen and oxygen atoms in total. The van der Waals surface area contributed by atoms with Crippen molar-refractivity contribution >= 4 is 29.1 Å². The summed E-state index contributed by atoms with van der Waals surface area (Å²) in [4.78, 5) is 12.1. The van der Waals surface area contributed by atoms with Crippen molar-refractivity contribution in [3.8, 4) is 0 Å². The maximum Gasteiger partial charge on any atom is 0.251 e. The monoisotopic (exact) mass is 337 g/mol. The fraction of sp³-hybridized carbons (Fsp3) is 0.235. The topological polar surface area (TPSA) is 49.3 Å². The Morgan fingerprint density at radius 2 is 1.82 bits per heavy atom. The van der Waals surface area contributed by atoms with Crippen LogP contribution < -0.4 is 5.32 Å². The first-order valence-corrected chi connectivity index (χ1v) is 7.76. The summed E-state index contributed by atoms with van der Waals surface area (Å²) < 4.78 is 0. The molecular weight excluding hydrogens is 321 g/mol. The Labute approximate surface area is 139 Å². The van der Waals surface area contributed by atoms with Gasteiger partial charge in [-0.3, -0.25) is 4.79 Å². The lowest BCUT2D eigenvalue weighted by Crippen LogP contribution is -2.28. The van der Waals surface area contributed by atoms with Gasteiger partial charge in [0.05, 0.1) is 10.0 Å². The number of halogens is 2. The Hall–Kier alpha value is -1.55. The normalized spacial score (nSPS) is 12.0. The van der Waals surface area contributed by atoms with Crippen LogP contribution in [0.15, 0.2) is 48.5 Å². The van der Waals surface area contributed by atoms with Gasteiger partial charge in [-0.1, -0.05) is 47.5 Å². The van der Waals surface area contributed by atoms with E-state index < -0.39 is 0 Å². The summed E-state index contributed by atoms with van der Waals surface area (Å²) in [6.45, 7) is 0.457. The molecule has 116 valence electrons. The number of rotatable bonds is 6. The molecule has 0 bridgehead atoms. The molecule has 1 unspecified atom stereocenters. The lowest BCUT2D eigenvalue weighted by molar-refractivity contribution is 0.0949. The maximum atomic E-state index is 12.1. The van der Waals surface area contributed by atoms with Gasteiger partial charge in [0, 0.05) is 24.6 Å². The van der Waals surface area contributed by atoms with Crippen LogP contribution in [0.3, 0.4) is 0 Å². The van der Waals surface area contributed by atoms with Gasteiger partial charge in [-0.15, -0.1) is 0 Å². The molecule has 0 aromatic heterocycles. The summed E-state index contributed by atoms with van der Waals surface area (Å²) in [7, 11) is 0. The van der Waals surface area contributed by atoms with Gasteiger partial charge >= 0.3 is 0 Å². The van der Waals surface area contributed by atoms with Gasteiger partial charge < -0.3 is 10.4 Å². The summed E-state index contributed by atoms with van der Waals surface area (Å²) in [5.41, 5.74) is 1.55. The van der Waals surface area contributed by atoms with Crippen molar-refractivity contribution in [2.45, 2.75) is 12.3 Å². The number of nitrogens with one attached hydrogen (secondary N) is 1. The van der Waals surface area contributed by atoms with E-state index in [-0.39, 0.29) is 18.4 Å². The number of aliphatic hydroxyl groups excluding tert-OH is 1. The minimum atomic E-state index is -0.136. The Morgan fingerprint density at radius 1 is 1.09 bits per heavy atom. The fourth-order valence-corrected chi connectivity index (χ4v) is 2.52. The first-order chi connectivity index (χ1) is 10.6. The molecule has 5 heteroatoms. The van der Waals surface area contributed by atoms with Crippen LogP contribution in [0.25, 0.3) is 0 Å². The molecule has 1 amide bonds. The van der Waals surface area contributed by atoms with Crippen molar-refractivity contribution in [3.05, 3.63) is 69.7 Å². The van der Waals surface area contributed by atoms with Crippen molar-refractivity contribution in [1.29, 1.82) is 0 Å². The predicted octanol–water partition coefficient (Wildman–Crippen LogP) is 3.89. The largest absolute Gasteiger partial charge is 0.396 e.